The second-order valence-electron chi connectivity index (χ2n) is 3.59. The van der Waals surface area contributed by atoms with E-state index in [9.17, 15) is 4.79 Å². The van der Waals surface area contributed by atoms with Crippen LogP contribution < -0.4 is 4.74 Å². The number of benzene rings is 1. The largest absolute Gasteiger partial charge is 0.492 e. The lowest BCUT2D eigenvalue weighted by molar-refractivity contribution is -0.137. The lowest BCUT2D eigenvalue weighted by atomic mass is 10.2. The van der Waals surface area contributed by atoms with E-state index >= 15 is 0 Å². The molecule has 18 heavy (non-hydrogen) atoms. The molecule has 0 radical (unpaired) electrons. The third kappa shape index (κ3) is 4.41. The van der Waals surface area contributed by atoms with Crippen LogP contribution in [-0.4, -0.2) is 19.2 Å². The minimum absolute atomic E-state index is 0.358. The Balaban J connectivity index is 2.80. The maximum absolute atomic E-state index is 11.2. The molecular weight excluding hydrogens is 252 g/mol. The standard InChI is InChI=1S/C14H17ClO3/c1-3-10-18-12-7-5-6-11(14(12)15)8-9-13(16)17-4-2/h5-9H,3-4,10H2,1-2H3. The predicted octanol–water partition coefficient (Wildman–Crippen LogP) is 3.71. The summed E-state index contributed by atoms with van der Waals surface area (Å²) in [5.41, 5.74) is 0.735. The Hall–Kier alpha value is -1.48. The topological polar surface area (TPSA) is 35.5 Å². The van der Waals surface area contributed by atoms with Crippen molar-refractivity contribution >= 4 is 23.6 Å². The molecule has 0 spiro atoms. The Kier molecular flexibility index (Phi) is 6.29. The third-order valence-corrected chi connectivity index (χ3v) is 2.54. The van der Waals surface area contributed by atoms with Gasteiger partial charge in [0.2, 0.25) is 0 Å². The monoisotopic (exact) mass is 268 g/mol. The van der Waals surface area contributed by atoms with Gasteiger partial charge in [0, 0.05) is 6.08 Å². The highest BCUT2D eigenvalue weighted by Gasteiger charge is 2.05. The molecule has 0 bridgehead atoms. The first-order valence-electron chi connectivity index (χ1n) is 5.95. The minimum atomic E-state index is -0.381. The smallest absolute Gasteiger partial charge is 0.330 e. The second-order valence-corrected chi connectivity index (χ2v) is 3.97. The van der Waals surface area contributed by atoms with Gasteiger partial charge >= 0.3 is 5.97 Å². The number of hydrogen-bond acceptors (Lipinski definition) is 3. The van der Waals surface area contributed by atoms with Crippen LogP contribution in [0.3, 0.4) is 0 Å². The van der Waals surface area contributed by atoms with Gasteiger partial charge in [-0.2, -0.15) is 0 Å². The molecule has 0 unspecified atom stereocenters. The molecule has 0 heterocycles. The molecule has 0 amide bonds. The highest BCUT2D eigenvalue weighted by atomic mass is 35.5. The number of ether oxygens (including phenoxy) is 2. The fraction of sp³-hybridized carbons (Fsp3) is 0.357. The van der Waals surface area contributed by atoms with Crippen LogP contribution in [0.4, 0.5) is 0 Å². The number of hydrogen-bond donors (Lipinski definition) is 0. The predicted molar refractivity (Wildman–Crippen MR) is 72.9 cm³/mol. The number of esters is 1. The van der Waals surface area contributed by atoms with Crippen molar-refractivity contribution in [2.24, 2.45) is 0 Å². The third-order valence-electron chi connectivity index (χ3n) is 2.14. The van der Waals surface area contributed by atoms with Crippen molar-refractivity contribution in [3.05, 3.63) is 34.9 Å². The number of carbonyl (C=O) groups excluding carboxylic acids is 1. The maximum Gasteiger partial charge on any atom is 0.330 e. The highest BCUT2D eigenvalue weighted by molar-refractivity contribution is 6.33. The summed E-state index contributed by atoms with van der Waals surface area (Å²) in [5, 5.41) is 0.506. The van der Waals surface area contributed by atoms with E-state index in [2.05, 4.69) is 0 Å². The van der Waals surface area contributed by atoms with Crippen molar-refractivity contribution in [3.8, 4) is 5.75 Å². The molecule has 1 aromatic carbocycles. The first-order valence-corrected chi connectivity index (χ1v) is 6.33. The SMILES string of the molecule is CCCOc1cccc(C=CC(=O)OCC)c1Cl. The second kappa shape index (κ2) is 7.77. The summed E-state index contributed by atoms with van der Waals surface area (Å²) >= 11 is 6.18. The molecule has 3 nitrogen and oxygen atoms in total. The van der Waals surface area contributed by atoms with E-state index in [1.54, 1.807) is 19.1 Å². The van der Waals surface area contributed by atoms with Gasteiger partial charge in [-0.15, -0.1) is 0 Å². The Morgan fingerprint density at radius 3 is 2.83 bits per heavy atom. The van der Waals surface area contributed by atoms with Crippen LogP contribution in [0.15, 0.2) is 24.3 Å². The van der Waals surface area contributed by atoms with Gasteiger partial charge in [-0.3, -0.25) is 0 Å². The van der Waals surface area contributed by atoms with Gasteiger partial charge in [0.1, 0.15) is 5.75 Å². The van der Waals surface area contributed by atoms with Gasteiger partial charge in [-0.05, 0) is 31.1 Å². The summed E-state index contributed by atoms with van der Waals surface area (Å²) in [6.45, 7) is 4.76. The summed E-state index contributed by atoms with van der Waals surface area (Å²) in [7, 11) is 0. The number of halogens is 1. The molecule has 1 rings (SSSR count). The molecular formula is C14H17ClO3. The van der Waals surface area contributed by atoms with Gasteiger partial charge in [0.05, 0.1) is 18.2 Å². The lowest BCUT2D eigenvalue weighted by Gasteiger charge is -2.08. The zero-order valence-corrected chi connectivity index (χ0v) is 11.4. The van der Waals surface area contributed by atoms with Crippen molar-refractivity contribution in [3.63, 3.8) is 0 Å². The van der Waals surface area contributed by atoms with Crippen LogP contribution in [0, 0.1) is 0 Å². The molecule has 0 saturated carbocycles. The van der Waals surface area contributed by atoms with Crippen LogP contribution in [0.25, 0.3) is 6.08 Å². The fourth-order valence-electron chi connectivity index (χ4n) is 1.33. The van der Waals surface area contributed by atoms with E-state index in [4.69, 9.17) is 21.1 Å². The van der Waals surface area contributed by atoms with Crippen molar-refractivity contribution in [2.45, 2.75) is 20.3 Å². The van der Waals surface area contributed by atoms with E-state index in [1.165, 1.54) is 6.08 Å². The van der Waals surface area contributed by atoms with Gasteiger partial charge in [-0.1, -0.05) is 30.7 Å². The van der Waals surface area contributed by atoms with Crippen LogP contribution >= 0.6 is 11.6 Å². The first kappa shape index (κ1) is 14.6. The quantitative estimate of drug-likeness (QED) is 0.583. The highest BCUT2D eigenvalue weighted by Crippen LogP contribution is 2.29. The number of rotatable bonds is 6. The van der Waals surface area contributed by atoms with Crippen molar-refractivity contribution in [1.82, 2.24) is 0 Å². The van der Waals surface area contributed by atoms with Crippen LogP contribution in [0.5, 0.6) is 5.75 Å². The minimum Gasteiger partial charge on any atom is -0.492 e. The molecule has 0 aliphatic heterocycles. The summed E-state index contributed by atoms with van der Waals surface area (Å²) in [6, 6.07) is 5.46. The average molecular weight is 269 g/mol. The molecule has 0 fully saturated rings. The summed E-state index contributed by atoms with van der Waals surface area (Å²) in [6.07, 6.45) is 3.90. The van der Waals surface area contributed by atoms with Crippen LogP contribution in [-0.2, 0) is 9.53 Å². The van der Waals surface area contributed by atoms with Crippen LogP contribution in [0.1, 0.15) is 25.8 Å². The van der Waals surface area contributed by atoms with Crippen molar-refractivity contribution in [2.75, 3.05) is 13.2 Å². The van der Waals surface area contributed by atoms with Gasteiger partial charge in [0.25, 0.3) is 0 Å². The molecule has 0 N–H and O–H groups in total. The molecule has 0 atom stereocenters. The lowest BCUT2D eigenvalue weighted by Crippen LogP contribution is -1.99. The molecule has 98 valence electrons. The molecule has 0 saturated heterocycles. The molecule has 1 aromatic rings. The Morgan fingerprint density at radius 1 is 1.39 bits per heavy atom. The first-order chi connectivity index (χ1) is 8.69. The number of carbonyl (C=O) groups is 1. The van der Waals surface area contributed by atoms with E-state index in [0.717, 1.165) is 12.0 Å². The summed E-state index contributed by atoms with van der Waals surface area (Å²) in [5.74, 6) is 0.248. The Morgan fingerprint density at radius 2 is 2.17 bits per heavy atom. The van der Waals surface area contributed by atoms with E-state index in [-0.39, 0.29) is 5.97 Å². The Labute approximate surface area is 112 Å². The molecule has 0 aliphatic carbocycles. The van der Waals surface area contributed by atoms with Crippen LogP contribution in [0.2, 0.25) is 5.02 Å². The molecule has 0 aliphatic rings. The fourth-order valence-corrected chi connectivity index (χ4v) is 1.57. The average Bonchev–Trinajstić information content (AvgIpc) is 2.36. The van der Waals surface area contributed by atoms with E-state index < -0.39 is 0 Å². The maximum atomic E-state index is 11.2. The Bertz CT molecular complexity index is 427. The van der Waals surface area contributed by atoms with Gasteiger partial charge < -0.3 is 9.47 Å². The normalized spacial score (nSPS) is 10.6. The summed E-state index contributed by atoms with van der Waals surface area (Å²) in [4.78, 5) is 11.2. The molecule has 4 heteroatoms. The summed E-state index contributed by atoms with van der Waals surface area (Å²) < 4.78 is 10.3. The van der Waals surface area contributed by atoms with Crippen molar-refractivity contribution < 1.29 is 14.3 Å². The zero-order valence-electron chi connectivity index (χ0n) is 10.6. The van der Waals surface area contributed by atoms with E-state index in [0.29, 0.717) is 24.0 Å². The van der Waals surface area contributed by atoms with Gasteiger partial charge in [0.15, 0.2) is 0 Å². The molecule has 0 aromatic heterocycles. The van der Waals surface area contributed by atoms with Gasteiger partial charge in [-0.25, -0.2) is 4.79 Å². The van der Waals surface area contributed by atoms with Crippen molar-refractivity contribution in [1.29, 1.82) is 0 Å². The zero-order chi connectivity index (χ0) is 13.4. The van der Waals surface area contributed by atoms with E-state index in [1.807, 2.05) is 19.1 Å².